The summed E-state index contributed by atoms with van der Waals surface area (Å²) in [6.45, 7) is 14.2. The van der Waals surface area contributed by atoms with Gasteiger partial charge in [-0.05, 0) is 55.9 Å². The number of hydrogen-bond donors (Lipinski definition) is 3. The maximum absolute atomic E-state index is 14.2. The van der Waals surface area contributed by atoms with E-state index in [9.17, 15) is 20.1 Å². The third-order valence-corrected chi connectivity index (χ3v) is 12.3. The Hall–Kier alpha value is -2.19. The Balaban J connectivity index is 1.38. The Morgan fingerprint density at radius 2 is 1.81 bits per heavy atom. The summed E-state index contributed by atoms with van der Waals surface area (Å²) in [4.78, 5) is 14.2. The number of aliphatic hydroxyl groups is 3. The first kappa shape index (κ1) is 39.5. The molecule has 5 heterocycles. The van der Waals surface area contributed by atoms with E-state index < -0.39 is 72.3 Å². The van der Waals surface area contributed by atoms with Gasteiger partial charge in [0, 0.05) is 38.2 Å². The van der Waals surface area contributed by atoms with E-state index in [1.807, 2.05) is 39.0 Å². The lowest BCUT2D eigenvalue weighted by molar-refractivity contribution is -0.300. The second-order valence-corrected chi connectivity index (χ2v) is 16.1. The molecule has 0 aromatic carbocycles. The number of carbonyl (C=O) groups is 1. The molecule has 1 spiro atoms. The number of rotatable bonds is 5. The van der Waals surface area contributed by atoms with Gasteiger partial charge >= 0.3 is 5.97 Å². The number of esters is 1. The quantitative estimate of drug-likeness (QED) is 0.265. The van der Waals surface area contributed by atoms with Gasteiger partial charge in [-0.2, -0.15) is 0 Å². The lowest BCUT2D eigenvalue weighted by Crippen LogP contribution is -2.58. The molecule has 0 amide bonds. The van der Waals surface area contributed by atoms with Crippen molar-refractivity contribution in [3.8, 4) is 0 Å². The van der Waals surface area contributed by atoms with Crippen LogP contribution in [0.2, 0.25) is 0 Å². The summed E-state index contributed by atoms with van der Waals surface area (Å²) < 4.78 is 44.4. The highest BCUT2D eigenvalue weighted by molar-refractivity contribution is 5.78. The Morgan fingerprint density at radius 3 is 2.54 bits per heavy atom. The molecule has 0 aromatic rings. The van der Waals surface area contributed by atoms with Gasteiger partial charge in [-0.3, -0.25) is 4.79 Å². The second kappa shape index (κ2) is 15.9. The largest absolute Gasteiger partial charge is 0.462 e. The molecule has 11 heteroatoms. The van der Waals surface area contributed by atoms with Crippen molar-refractivity contribution in [3.63, 3.8) is 0 Å². The third-order valence-electron chi connectivity index (χ3n) is 12.3. The van der Waals surface area contributed by atoms with E-state index in [0.717, 1.165) is 12.0 Å². The van der Waals surface area contributed by atoms with E-state index >= 15 is 0 Å². The average molecular weight is 729 g/mol. The number of carbonyl (C=O) groups excluding carboxylic acids is 1. The Bertz CT molecular complexity index is 1450. The Morgan fingerprint density at radius 1 is 1.04 bits per heavy atom. The highest BCUT2D eigenvalue weighted by Gasteiger charge is 2.60. The molecule has 3 saturated heterocycles. The molecule has 3 fully saturated rings. The van der Waals surface area contributed by atoms with Crippen molar-refractivity contribution in [2.24, 2.45) is 23.7 Å². The minimum absolute atomic E-state index is 0.0471. The van der Waals surface area contributed by atoms with E-state index in [4.69, 9.17) is 33.2 Å². The fraction of sp³-hybridized carbons (Fsp3) is 0.732. The number of methoxy groups -OCH3 is 1. The van der Waals surface area contributed by atoms with Crippen molar-refractivity contribution in [2.45, 2.75) is 153 Å². The van der Waals surface area contributed by atoms with Gasteiger partial charge in [0.2, 0.25) is 0 Å². The van der Waals surface area contributed by atoms with E-state index in [1.165, 1.54) is 0 Å². The van der Waals surface area contributed by atoms with Crippen molar-refractivity contribution in [2.75, 3.05) is 13.7 Å². The summed E-state index contributed by atoms with van der Waals surface area (Å²) in [6.07, 6.45) is 10.2. The molecular weight excluding hydrogens is 668 g/mol. The molecular formula is C41H60O11. The zero-order valence-electron chi connectivity index (χ0n) is 32.0. The van der Waals surface area contributed by atoms with Crippen LogP contribution in [0, 0.1) is 23.7 Å². The first-order chi connectivity index (χ1) is 24.7. The SMILES string of the molecule is CC[C@H](C)[C@H]1OC2(C=C[C@@H]1C)C[C@@H]1C[C@@H](C/C=C(\C)[C@@H](OC3CC(OC)C(O)C(C)O3)[C@@H](C)/C=C/C=C3\CO[C@@H]4[C@H](O)C(C)=CC(C(=O)O1)[C@]34O)O2. The van der Waals surface area contributed by atoms with Gasteiger partial charge in [0.25, 0.3) is 0 Å². The van der Waals surface area contributed by atoms with E-state index in [2.05, 4.69) is 32.9 Å². The predicted molar refractivity (Wildman–Crippen MR) is 193 cm³/mol. The topological polar surface area (TPSA) is 142 Å². The normalized spacial score (nSPS) is 48.8. The first-order valence-electron chi connectivity index (χ1n) is 19.2. The van der Waals surface area contributed by atoms with E-state index in [1.54, 1.807) is 26.2 Å². The highest BCUT2D eigenvalue weighted by Crippen LogP contribution is 2.47. The number of aliphatic hydroxyl groups excluding tert-OH is 2. The second-order valence-electron chi connectivity index (χ2n) is 16.1. The summed E-state index contributed by atoms with van der Waals surface area (Å²) in [7, 11) is 1.58. The van der Waals surface area contributed by atoms with Crippen LogP contribution in [0.3, 0.4) is 0 Å². The van der Waals surface area contributed by atoms with Crippen LogP contribution in [0.15, 0.2) is 59.3 Å². The van der Waals surface area contributed by atoms with Crippen LogP contribution < -0.4 is 0 Å². The fourth-order valence-electron chi connectivity index (χ4n) is 8.87. The molecule has 6 rings (SSSR count). The predicted octanol–water partition coefficient (Wildman–Crippen LogP) is 4.84. The van der Waals surface area contributed by atoms with Crippen LogP contribution >= 0.6 is 0 Å². The fourth-order valence-corrected chi connectivity index (χ4v) is 8.87. The van der Waals surface area contributed by atoms with Gasteiger partial charge in [0.05, 0.1) is 37.1 Å². The molecule has 290 valence electrons. The van der Waals surface area contributed by atoms with Crippen LogP contribution in [0.25, 0.3) is 0 Å². The maximum atomic E-state index is 14.2. The molecule has 52 heavy (non-hydrogen) atoms. The molecule has 6 unspecified atom stereocenters. The Kier molecular flexibility index (Phi) is 12.1. The molecule has 0 radical (unpaired) electrons. The molecule has 3 N–H and O–H groups in total. The minimum Gasteiger partial charge on any atom is -0.462 e. The van der Waals surface area contributed by atoms with Crippen LogP contribution in [0.5, 0.6) is 0 Å². The lowest BCUT2D eigenvalue weighted by Gasteiger charge is -2.48. The molecule has 0 aromatic heterocycles. The summed E-state index contributed by atoms with van der Waals surface area (Å²) >= 11 is 0. The smallest absolute Gasteiger partial charge is 0.316 e. The molecule has 6 aliphatic rings. The van der Waals surface area contributed by atoms with Crippen LogP contribution in [0.4, 0.5) is 0 Å². The van der Waals surface area contributed by atoms with Gasteiger partial charge < -0.3 is 48.5 Å². The molecule has 11 nitrogen and oxygen atoms in total. The van der Waals surface area contributed by atoms with Crippen molar-refractivity contribution in [1.82, 2.24) is 0 Å². The summed E-state index contributed by atoms with van der Waals surface area (Å²) in [6, 6.07) is 0. The van der Waals surface area contributed by atoms with E-state index in [-0.39, 0.29) is 36.6 Å². The van der Waals surface area contributed by atoms with Crippen molar-refractivity contribution in [1.29, 1.82) is 0 Å². The standard InChI is InChI=1S/C41H60O11/c1-9-22(2)37-25(5)15-16-40(52-37)20-30-18-29(51-40)14-13-24(4)36(50-33-19-32(46-8)35(43)27(7)48-33)23(3)11-10-12-28-21-47-38-34(42)26(6)17-31(39(44)49-30)41(28,38)45/h10-13,15-17,22-23,25,27,29-38,42-43,45H,9,14,18-21H2,1-8H3/b11-10+,24-13+,28-12+/t22-,23-,25-,27?,29+,30-,31?,32?,33?,34+,35?,36-,37+,38+,40?,41+/m0/s1. The van der Waals surface area contributed by atoms with Crippen molar-refractivity contribution >= 4 is 5.97 Å². The van der Waals surface area contributed by atoms with Gasteiger partial charge in [0.15, 0.2) is 12.1 Å². The van der Waals surface area contributed by atoms with Crippen LogP contribution in [0.1, 0.15) is 80.6 Å². The van der Waals surface area contributed by atoms with Crippen LogP contribution in [-0.2, 0) is 38.0 Å². The first-order valence-corrected chi connectivity index (χ1v) is 19.2. The highest BCUT2D eigenvalue weighted by atomic mass is 16.7. The summed E-state index contributed by atoms with van der Waals surface area (Å²) in [5.74, 6) is -2.44. The summed E-state index contributed by atoms with van der Waals surface area (Å²) in [5.41, 5.74) is 0.184. The van der Waals surface area contributed by atoms with Crippen LogP contribution in [-0.4, -0.2) is 108 Å². The molecule has 1 aliphatic carbocycles. The number of hydrogen-bond acceptors (Lipinski definition) is 11. The van der Waals surface area contributed by atoms with E-state index in [0.29, 0.717) is 36.8 Å². The number of allylic oxidation sites excluding steroid dienone is 2. The maximum Gasteiger partial charge on any atom is 0.316 e. The van der Waals surface area contributed by atoms with Gasteiger partial charge in [-0.25, -0.2) is 0 Å². The van der Waals surface area contributed by atoms with Crippen molar-refractivity contribution < 1.29 is 53.3 Å². The molecule has 16 atom stereocenters. The molecule has 2 bridgehead atoms. The number of fused-ring (bicyclic) bond motifs is 2. The number of ether oxygens (including phenoxy) is 7. The monoisotopic (exact) mass is 728 g/mol. The molecule has 5 aliphatic heterocycles. The Labute approximate surface area is 308 Å². The molecule has 0 saturated carbocycles. The van der Waals surface area contributed by atoms with Gasteiger partial charge in [-0.15, -0.1) is 0 Å². The lowest BCUT2D eigenvalue weighted by atomic mass is 9.71. The minimum atomic E-state index is -1.81. The van der Waals surface area contributed by atoms with Gasteiger partial charge in [-0.1, -0.05) is 70.6 Å². The van der Waals surface area contributed by atoms with Crippen molar-refractivity contribution in [3.05, 3.63) is 59.3 Å². The zero-order valence-corrected chi connectivity index (χ0v) is 32.0. The van der Waals surface area contributed by atoms with Gasteiger partial charge in [0.1, 0.15) is 35.9 Å². The summed E-state index contributed by atoms with van der Waals surface area (Å²) in [5, 5.41) is 34.1. The average Bonchev–Trinajstić information content (AvgIpc) is 3.45. The third kappa shape index (κ3) is 7.68. The zero-order chi connectivity index (χ0) is 37.5.